The van der Waals surface area contributed by atoms with E-state index in [0.717, 1.165) is 6.54 Å². The highest BCUT2D eigenvalue weighted by Crippen LogP contribution is 2.45. The van der Waals surface area contributed by atoms with Crippen molar-refractivity contribution in [1.82, 2.24) is 0 Å². The minimum absolute atomic E-state index is 0.353. The summed E-state index contributed by atoms with van der Waals surface area (Å²) >= 11 is 0. The van der Waals surface area contributed by atoms with Crippen molar-refractivity contribution in [3.63, 3.8) is 0 Å². The number of para-hydroxylation sites is 1. The average molecular weight is 258 g/mol. The summed E-state index contributed by atoms with van der Waals surface area (Å²) in [5.74, 6) is 0. The molecule has 1 N–H and O–H groups in total. The molecule has 1 heterocycles. The van der Waals surface area contributed by atoms with Crippen molar-refractivity contribution in [3.05, 3.63) is 23.8 Å². The summed E-state index contributed by atoms with van der Waals surface area (Å²) in [7, 11) is 0. The highest BCUT2D eigenvalue weighted by atomic mass is 15.3. The zero-order valence-corrected chi connectivity index (χ0v) is 12.5. The first-order valence-electron chi connectivity index (χ1n) is 7.77. The summed E-state index contributed by atoms with van der Waals surface area (Å²) in [4.78, 5) is 2.73. The SMILES string of the molecule is Cc1cccc2c1N(C(C)C)C1(CCCCC1)CN2. The molecule has 2 nitrogen and oxygen atoms in total. The maximum atomic E-state index is 3.71. The van der Waals surface area contributed by atoms with Gasteiger partial charge in [0.2, 0.25) is 0 Å². The van der Waals surface area contributed by atoms with Crippen LogP contribution in [0.4, 0.5) is 11.4 Å². The normalized spacial score (nSPS) is 21.4. The van der Waals surface area contributed by atoms with Gasteiger partial charge in [0.05, 0.1) is 16.9 Å². The van der Waals surface area contributed by atoms with Gasteiger partial charge in [-0.15, -0.1) is 0 Å². The van der Waals surface area contributed by atoms with E-state index in [2.05, 4.69) is 49.2 Å². The number of benzene rings is 1. The van der Waals surface area contributed by atoms with Crippen LogP contribution < -0.4 is 10.2 Å². The minimum Gasteiger partial charge on any atom is -0.381 e. The maximum absolute atomic E-state index is 3.71. The first kappa shape index (κ1) is 12.8. The lowest BCUT2D eigenvalue weighted by Crippen LogP contribution is -2.60. The van der Waals surface area contributed by atoms with Gasteiger partial charge in [-0.3, -0.25) is 0 Å². The predicted molar refractivity (Wildman–Crippen MR) is 83.1 cm³/mol. The number of rotatable bonds is 1. The third-order valence-corrected chi connectivity index (χ3v) is 4.90. The van der Waals surface area contributed by atoms with E-state index in [1.54, 1.807) is 0 Å². The van der Waals surface area contributed by atoms with Crippen molar-refractivity contribution >= 4 is 11.4 Å². The Morgan fingerprint density at radius 2 is 1.89 bits per heavy atom. The third kappa shape index (κ3) is 2.01. The van der Waals surface area contributed by atoms with Crippen LogP contribution >= 0.6 is 0 Å². The van der Waals surface area contributed by atoms with Crippen LogP contribution in [0, 0.1) is 6.92 Å². The standard InChI is InChI=1S/C17H26N2/c1-13(2)19-16-14(3)8-7-9-15(16)18-12-17(19)10-5-4-6-11-17/h7-9,13,18H,4-6,10-12H2,1-3H3. The first-order chi connectivity index (χ1) is 9.14. The number of nitrogens with one attached hydrogen (secondary N) is 1. The topological polar surface area (TPSA) is 15.3 Å². The molecule has 0 amide bonds. The zero-order chi connectivity index (χ0) is 13.5. The summed E-state index contributed by atoms with van der Waals surface area (Å²) in [5.41, 5.74) is 4.53. The lowest BCUT2D eigenvalue weighted by Gasteiger charge is -2.54. The fraction of sp³-hybridized carbons (Fsp3) is 0.647. The van der Waals surface area contributed by atoms with Crippen molar-refractivity contribution in [2.24, 2.45) is 0 Å². The van der Waals surface area contributed by atoms with Gasteiger partial charge in [-0.2, -0.15) is 0 Å². The van der Waals surface area contributed by atoms with Crippen molar-refractivity contribution in [3.8, 4) is 0 Å². The third-order valence-electron chi connectivity index (χ3n) is 4.90. The van der Waals surface area contributed by atoms with Crippen molar-refractivity contribution in [1.29, 1.82) is 0 Å². The number of fused-ring (bicyclic) bond motifs is 1. The second-order valence-corrected chi connectivity index (χ2v) is 6.57. The van der Waals surface area contributed by atoms with Gasteiger partial charge < -0.3 is 10.2 Å². The van der Waals surface area contributed by atoms with Crippen LogP contribution in [0.3, 0.4) is 0 Å². The summed E-state index contributed by atoms with van der Waals surface area (Å²) < 4.78 is 0. The molecule has 19 heavy (non-hydrogen) atoms. The van der Waals surface area contributed by atoms with Crippen LogP contribution in [0.15, 0.2) is 18.2 Å². The molecule has 3 rings (SSSR count). The Hall–Kier alpha value is -1.18. The number of hydrogen-bond acceptors (Lipinski definition) is 2. The Morgan fingerprint density at radius 1 is 1.16 bits per heavy atom. The van der Waals surface area contributed by atoms with E-state index < -0.39 is 0 Å². The largest absolute Gasteiger partial charge is 0.381 e. The Labute approximate surface area is 117 Å². The van der Waals surface area contributed by atoms with E-state index in [-0.39, 0.29) is 0 Å². The number of anilines is 2. The van der Waals surface area contributed by atoms with E-state index in [4.69, 9.17) is 0 Å². The molecule has 1 aromatic rings. The number of aryl methyl sites for hydroxylation is 1. The summed E-state index contributed by atoms with van der Waals surface area (Å²) in [5, 5.41) is 3.71. The molecule has 1 aromatic carbocycles. The molecule has 0 aromatic heterocycles. The molecular formula is C17H26N2. The molecule has 104 valence electrons. The molecule has 1 aliphatic carbocycles. The lowest BCUT2D eigenvalue weighted by molar-refractivity contribution is 0.270. The van der Waals surface area contributed by atoms with Gasteiger partial charge in [0.15, 0.2) is 0 Å². The smallest absolute Gasteiger partial charge is 0.0639 e. The molecule has 2 aliphatic rings. The van der Waals surface area contributed by atoms with E-state index in [9.17, 15) is 0 Å². The maximum Gasteiger partial charge on any atom is 0.0639 e. The number of hydrogen-bond donors (Lipinski definition) is 1. The highest BCUT2D eigenvalue weighted by molar-refractivity contribution is 5.77. The molecular weight excluding hydrogens is 232 g/mol. The molecule has 1 saturated carbocycles. The first-order valence-corrected chi connectivity index (χ1v) is 7.77. The lowest BCUT2D eigenvalue weighted by atomic mass is 9.77. The quantitative estimate of drug-likeness (QED) is 0.806. The van der Waals surface area contributed by atoms with Crippen molar-refractivity contribution in [2.45, 2.75) is 64.5 Å². The van der Waals surface area contributed by atoms with Gasteiger partial charge in [0.1, 0.15) is 0 Å². The van der Waals surface area contributed by atoms with Gasteiger partial charge >= 0.3 is 0 Å². The van der Waals surface area contributed by atoms with Crippen LogP contribution in [0.2, 0.25) is 0 Å². The van der Waals surface area contributed by atoms with Crippen LogP contribution in [0.1, 0.15) is 51.5 Å². The molecule has 2 heteroatoms. The van der Waals surface area contributed by atoms with Gasteiger partial charge in [0, 0.05) is 12.6 Å². The Morgan fingerprint density at radius 3 is 2.58 bits per heavy atom. The monoisotopic (exact) mass is 258 g/mol. The van der Waals surface area contributed by atoms with Gasteiger partial charge in [0.25, 0.3) is 0 Å². The van der Waals surface area contributed by atoms with Crippen LogP contribution in [-0.4, -0.2) is 18.1 Å². The van der Waals surface area contributed by atoms with Crippen LogP contribution in [0.5, 0.6) is 0 Å². The average Bonchev–Trinajstić information content (AvgIpc) is 2.40. The van der Waals surface area contributed by atoms with E-state index in [1.807, 2.05) is 0 Å². The Balaban J connectivity index is 2.09. The van der Waals surface area contributed by atoms with Crippen molar-refractivity contribution in [2.75, 3.05) is 16.8 Å². The molecule has 0 unspecified atom stereocenters. The molecule has 1 spiro atoms. The fourth-order valence-electron chi connectivity index (χ4n) is 4.14. The summed E-state index contributed by atoms with van der Waals surface area (Å²) in [6.07, 6.45) is 6.85. The van der Waals surface area contributed by atoms with E-state index in [1.165, 1.54) is 49.0 Å². The fourth-order valence-corrected chi connectivity index (χ4v) is 4.14. The van der Waals surface area contributed by atoms with Gasteiger partial charge in [-0.05, 0) is 45.2 Å². The zero-order valence-electron chi connectivity index (χ0n) is 12.5. The summed E-state index contributed by atoms with van der Waals surface area (Å²) in [6.45, 7) is 8.05. The highest BCUT2D eigenvalue weighted by Gasteiger charge is 2.43. The van der Waals surface area contributed by atoms with E-state index in [0.29, 0.717) is 11.6 Å². The number of nitrogens with zero attached hydrogens (tertiary/aromatic N) is 1. The molecule has 0 bridgehead atoms. The molecule has 1 fully saturated rings. The Bertz CT molecular complexity index is 458. The summed E-state index contributed by atoms with van der Waals surface area (Å²) in [6, 6.07) is 7.21. The predicted octanol–water partition coefficient (Wildman–Crippen LogP) is 4.34. The van der Waals surface area contributed by atoms with Crippen molar-refractivity contribution < 1.29 is 0 Å². The molecule has 0 atom stereocenters. The van der Waals surface area contributed by atoms with Gasteiger partial charge in [-0.1, -0.05) is 31.4 Å². The second-order valence-electron chi connectivity index (χ2n) is 6.57. The minimum atomic E-state index is 0.353. The molecule has 0 saturated heterocycles. The van der Waals surface area contributed by atoms with E-state index >= 15 is 0 Å². The molecule has 0 radical (unpaired) electrons. The van der Waals surface area contributed by atoms with Crippen LogP contribution in [0.25, 0.3) is 0 Å². The van der Waals surface area contributed by atoms with Gasteiger partial charge in [-0.25, -0.2) is 0 Å². The molecule has 1 aliphatic heterocycles. The van der Waals surface area contributed by atoms with Crippen LogP contribution in [-0.2, 0) is 0 Å². The second kappa shape index (κ2) is 4.73. The Kier molecular flexibility index (Phi) is 3.20.